The van der Waals surface area contributed by atoms with E-state index >= 15 is 0 Å². The van der Waals surface area contributed by atoms with E-state index in [0.717, 1.165) is 77.0 Å². The fraction of sp³-hybridized carbons (Fsp3) is 0.828. The van der Waals surface area contributed by atoms with Crippen LogP contribution in [-0.4, -0.2) is 37.2 Å². The first-order valence-corrected chi connectivity index (χ1v) is 30.6. The van der Waals surface area contributed by atoms with Gasteiger partial charge in [0, 0.05) is 19.3 Å². The summed E-state index contributed by atoms with van der Waals surface area (Å²) in [7, 11) is 0. The third kappa shape index (κ3) is 56.3. The van der Waals surface area contributed by atoms with Crippen LogP contribution in [0.3, 0.4) is 0 Å². The predicted octanol–water partition coefficient (Wildman–Crippen LogP) is 20.6. The van der Waals surface area contributed by atoms with E-state index in [9.17, 15) is 14.4 Å². The number of carbonyl (C=O) groups excluding carboxylic acids is 3. The topological polar surface area (TPSA) is 78.9 Å². The lowest BCUT2D eigenvalue weighted by Gasteiger charge is -2.18. The lowest BCUT2D eigenvalue weighted by atomic mass is 10.0. The molecular weight excluding hydrogens is 865 g/mol. The third-order valence-electron chi connectivity index (χ3n) is 13.6. The molecule has 0 aromatic carbocycles. The summed E-state index contributed by atoms with van der Waals surface area (Å²) in [4.78, 5) is 38.2. The van der Waals surface area contributed by atoms with Crippen LogP contribution in [0.5, 0.6) is 0 Å². The standard InChI is InChI=1S/C64H116O6/c1-4-7-10-13-16-19-22-25-28-29-30-31-32-33-34-35-37-39-42-45-48-51-54-57-63(66)69-60-61(59-68-62(65)56-53-50-47-44-41-38-27-24-21-18-15-12-9-6-3)70-64(67)58-55-52-49-46-43-40-36-26-23-20-17-14-11-8-5-2/h8,11,17,20,26,36,43,46,61H,4-7,9-10,12-16,18-19,21-25,27-35,37-42,44-45,47-60H2,1-3H3/b11-8-,20-17-,36-26-,46-43-. The number of esters is 3. The highest BCUT2D eigenvalue weighted by Crippen LogP contribution is 2.17. The van der Waals surface area contributed by atoms with Crippen molar-refractivity contribution in [3.05, 3.63) is 48.6 Å². The van der Waals surface area contributed by atoms with Crippen molar-refractivity contribution >= 4 is 17.9 Å². The molecule has 0 fully saturated rings. The second-order valence-electron chi connectivity index (χ2n) is 20.6. The molecular formula is C64H116O6. The average molecular weight is 982 g/mol. The van der Waals surface area contributed by atoms with Crippen molar-refractivity contribution in [2.24, 2.45) is 0 Å². The van der Waals surface area contributed by atoms with E-state index in [0.29, 0.717) is 19.3 Å². The van der Waals surface area contributed by atoms with Crippen LogP contribution in [0.2, 0.25) is 0 Å². The zero-order valence-corrected chi connectivity index (χ0v) is 46.8. The maximum absolute atomic E-state index is 12.8. The molecule has 0 heterocycles. The molecule has 0 aliphatic carbocycles. The number of rotatable bonds is 56. The van der Waals surface area contributed by atoms with E-state index in [1.165, 1.54) is 199 Å². The van der Waals surface area contributed by atoms with Crippen molar-refractivity contribution in [1.29, 1.82) is 0 Å². The number of allylic oxidation sites excluding steroid dienone is 8. The zero-order chi connectivity index (χ0) is 50.7. The Bertz CT molecular complexity index is 1220. The number of hydrogen-bond acceptors (Lipinski definition) is 6. The molecule has 0 spiro atoms. The largest absolute Gasteiger partial charge is 0.462 e. The molecule has 0 saturated heterocycles. The highest BCUT2D eigenvalue weighted by Gasteiger charge is 2.19. The first-order valence-electron chi connectivity index (χ1n) is 30.6. The molecule has 0 N–H and O–H groups in total. The minimum atomic E-state index is -0.791. The summed E-state index contributed by atoms with van der Waals surface area (Å²) in [5.41, 5.74) is 0. The van der Waals surface area contributed by atoms with Crippen LogP contribution in [0.4, 0.5) is 0 Å². The van der Waals surface area contributed by atoms with Crippen LogP contribution in [-0.2, 0) is 28.6 Å². The summed E-state index contributed by atoms with van der Waals surface area (Å²) in [6.45, 7) is 6.54. The lowest BCUT2D eigenvalue weighted by molar-refractivity contribution is -0.167. The van der Waals surface area contributed by atoms with E-state index < -0.39 is 6.10 Å². The van der Waals surface area contributed by atoms with Gasteiger partial charge in [0.15, 0.2) is 6.10 Å². The fourth-order valence-corrected chi connectivity index (χ4v) is 9.02. The summed E-state index contributed by atoms with van der Waals surface area (Å²) in [6, 6.07) is 0. The summed E-state index contributed by atoms with van der Waals surface area (Å²) in [5, 5.41) is 0. The van der Waals surface area contributed by atoms with Crippen LogP contribution in [0.1, 0.15) is 323 Å². The number of ether oxygens (including phenoxy) is 3. The molecule has 408 valence electrons. The maximum Gasteiger partial charge on any atom is 0.306 e. The summed E-state index contributed by atoms with van der Waals surface area (Å²) < 4.78 is 16.9. The lowest BCUT2D eigenvalue weighted by Crippen LogP contribution is -2.30. The van der Waals surface area contributed by atoms with E-state index in [2.05, 4.69) is 69.4 Å². The smallest absolute Gasteiger partial charge is 0.306 e. The molecule has 70 heavy (non-hydrogen) atoms. The Morgan fingerprint density at radius 3 is 0.871 bits per heavy atom. The van der Waals surface area contributed by atoms with Crippen molar-refractivity contribution in [3.8, 4) is 0 Å². The summed E-state index contributed by atoms with van der Waals surface area (Å²) in [5.74, 6) is -0.908. The van der Waals surface area contributed by atoms with Gasteiger partial charge < -0.3 is 14.2 Å². The number of unbranched alkanes of at least 4 members (excludes halogenated alkanes) is 37. The van der Waals surface area contributed by atoms with Crippen molar-refractivity contribution in [3.63, 3.8) is 0 Å². The molecule has 6 heteroatoms. The molecule has 1 unspecified atom stereocenters. The van der Waals surface area contributed by atoms with E-state index in [1.807, 2.05) is 0 Å². The molecule has 0 aromatic heterocycles. The summed E-state index contributed by atoms with van der Waals surface area (Å²) >= 11 is 0. The Labute approximate surface area is 435 Å². The van der Waals surface area contributed by atoms with Gasteiger partial charge in [-0.1, -0.05) is 294 Å². The van der Waals surface area contributed by atoms with Crippen molar-refractivity contribution in [2.45, 2.75) is 329 Å². The monoisotopic (exact) mass is 981 g/mol. The van der Waals surface area contributed by atoms with E-state index in [4.69, 9.17) is 14.2 Å². The van der Waals surface area contributed by atoms with E-state index in [-0.39, 0.29) is 37.5 Å². The highest BCUT2D eigenvalue weighted by molar-refractivity contribution is 5.71. The van der Waals surface area contributed by atoms with Gasteiger partial charge >= 0.3 is 17.9 Å². The number of hydrogen-bond donors (Lipinski definition) is 0. The molecule has 0 bridgehead atoms. The zero-order valence-electron chi connectivity index (χ0n) is 46.8. The van der Waals surface area contributed by atoms with Gasteiger partial charge in [0.05, 0.1) is 0 Å². The molecule has 1 atom stereocenters. The van der Waals surface area contributed by atoms with Crippen molar-refractivity contribution < 1.29 is 28.6 Å². The quantitative estimate of drug-likeness (QED) is 0.0261. The molecule has 0 aromatic rings. The van der Waals surface area contributed by atoms with Crippen LogP contribution < -0.4 is 0 Å². The Kier molecular flexibility index (Phi) is 56.7. The molecule has 0 aliphatic rings. The van der Waals surface area contributed by atoms with Crippen LogP contribution >= 0.6 is 0 Å². The van der Waals surface area contributed by atoms with Gasteiger partial charge in [0.2, 0.25) is 0 Å². The number of carbonyl (C=O) groups is 3. The molecule has 0 radical (unpaired) electrons. The van der Waals surface area contributed by atoms with E-state index in [1.54, 1.807) is 0 Å². The maximum atomic E-state index is 12.8. The van der Waals surface area contributed by atoms with Gasteiger partial charge in [-0.3, -0.25) is 14.4 Å². The Balaban J connectivity index is 4.30. The van der Waals surface area contributed by atoms with Gasteiger partial charge in [-0.15, -0.1) is 0 Å². The Morgan fingerprint density at radius 2 is 0.557 bits per heavy atom. The molecule has 0 amide bonds. The Morgan fingerprint density at radius 1 is 0.300 bits per heavy atom. The second-order valence-corrected chi connectivity index (χ2v) is 20.6. The van der Waals surface area contributed by atoms with Gasteiger partial charge in [-0.25, -0.2) is 0 Å². The van der Waals surface area contributed by atoms with Gasteiger partial charge in [-0.05, 0) is 57.8 Å². The molecule has 0 saturated carbocycles. The average Bonchev–Trinajstić information content (AvgIpc) is 3.36. The minimum Gasteiger partial charge on any atom is -0.462 e. The Hall–Kier alpha value is -2.63. The van der Waals surface area contributed by atoms with Crippen LogP contribution in [0.15, 0.2) is 48.6 Å². The highest BCUT2D eigenvalue weighted by atomic mass is 16.6. The fourth-order valence-electron chi connectivity index (χ4n) is 9.02. The van der Waals surface area contributed by atoms with Crippen molar-refractivity contribution in [1.82, 2.24) is 0 Å². The van der Waals surface area contributed by atoms with Crippen LogP contribution in [0, 0.1) is 0 Å². The van der Waals surface area contributed by atoms with Crippen molar-refractivity contribution in [2.75, 3.05) is 13.2 Å². The molecule has 6 nitrogen and oxygen atoms in total. The SMILES string of the molecule is CC/C=C\C/C=C\C/C=C\C/C=C\CCCCC(=O)OC(COC(=O)CCCCCCCCCCCCCCCC)COC(=O)CCCCCCCCCCCCCCCCCCCCCCCCC. The predicted molar refractivity (Wildman–Crippen MR) is 302 cm³/mol. The van der Waals surface area contributed by atoms with Gasteiger partial charge in [0.1, 0.15) is 13.2 Å². The normalized spacial score (nSPS) is 12.3. The first-order chi connectivity index (χ1) is 34.5. The van der Waals surface area contributed by atoms with Gasteiger partial charge in [0.25, 0.3) is 0 Å². The molecule has 0 aliphatic heterocycles. The third-order valence-corrected chi connectivity index (χ3v) is 13.6. The second kappa shape index (κ2) is 58.9. The van der Waals surface area contributed by atoms with Crippen LogP contribution in [0.25, 0.3) is 0 Å². The van der Waals surface area contributed by atoms with Gasteiger partial charge in [-0.2, -0.15) is 0 Å². The molecule has 0 rings (SSSR count). The minimum absolute atomic E-state index is 0.0853. The summed E-state index contributed by atoms with van der Waals surface area (Å²) in [6.07, 6.45) is 72.7. The first kappa shape index (κ1) is 67.4.